The van der Waals surface area contributed by atoms with Gasteiger partial charge in [-0.2, -0.15) is 0 Å². The zero-order valence-electron chi connectivity index (χ0n) is 19.0. The number of aryl methyl sites for hydroxylation is 2. The molecule has 0 radical (unpaired) electrons. The maximum atomic E-state index is 12.7. The van der Waals surface area contributed by atoms with Gasteiger partial charge in [0.2, 0.25) is 5.91 Å². The van der Waals surface area contributed by atoms with Crippen molar-refractivity contribution in [3.8, 4) is 11.1 Å². The lowest BCUT2D eigenvalue weighted by Gasteiger charge is -2.15. The van der Waals surface area contributed by atoms with E-state index in [2.05, 4.69) is 12.2 Å². The fourth-order valence-corrected chi connectivity index (χ4v) is 6.53. The Kier molecular flexibility index (Phi) is 9.93. The summed E-state index contributed by atoms with van der Waals surface area (Å²) in [6.45, 7) is 3.96. The molecule has 33 heavy (non-hydrogen) atoms. The molecule has 0 spiro atoms. The summed E-state index contributed by atoms with van der Waals surface area (Å²) in [6.07, 6.45) is 6.98. The Morgan fingerprint density at radius 2 is 1.97 bits per heavy atom. The molecule has 1 aromatic heterocycles. The molecule has 8 heteroatoms. The second-order valence-corrected chi connectivity index (χ2v) is 11.2. The van der Waals surface area contributed by atoms with E-state index in [1.54, 1.807) is 6.07 Å². The van der Waals surface area contributed by atoms with E-state index in [0.29, 0.717) is 27.4 Å². The van der Waals surface area contributed by atoms with Crippen molar-refractivity contribution in [2.45, 2.75) is 64.2 Å². The topological polar surface area (TPSA) is 55.4 Å². The number of thiophene rings is 1. The minimum absolute atomic E-state index is 0.130. The summed E-state index contributed by atoms with van der Waals surface area (Å²) in [5, 5.41) is 4.12. The third-order valence-corrected chi connectivity index (χ3v) is 7.99. The number of nitrogens with one attached hydrogen (secondary N) is 1. The van der Waals surface area contributed by atoms with Crippen molar-refractivity contribution in [1.82, 2.24) is 5.32 Å². The van der Waals surface area contributed by atoms with Gasteiger partial charge < -0.3 is 10.1 Å². The van der Waals surface area contributed by atoms with Gasteiger partial charge in [0, 0.05) is 27.8 Å². The van der Waals surface area contributed by atoms with Gasteiger partial charge in [-0.15, -0.1) is 22.9 Å². The first-order valence-electron chi connectivity index (χ1n) is 11.4. The summed E-state index contributed by atoms with van der Waals surface area (Å²) >= 11 is 20.8. The van der Waals surface area contributed by atoms with E-state index in [4.69, 9.17) is 39.5 Å². The van der Waals surface area contributed by atoms with Crippen LogP contribution in [0.15, 0.2) is 18.2 Å². The molecule has 1 heterocycles. The lowest BCUT2D eigenvalue weighted by atomic mass is 9.92. The quantitative estimate of drug-likeness (QED) is 0.199. The fourth-order valence-electron chi connectivity index (χ4n) is 4.36. The molecule has 1 amide bonds. The van der Waals surface area contributed by atoms with E-state index in [0.717, 1.165) is 66.5 Å². The zero-order chi connectivity index (χ0) is 24.0. The lowest BCUT2D eigenvalue weighted by molar-refractivity contribution is -0.119. The van der Waals surface area contributed by atoms with Crippen LogP contribution >= 0.6 is 46.1 Å². The summed E-state index contributed by atoms with van der Waals surface area (Å²) in [6, 6.07) is 5.65. The molecule has 1 N–H and O–H groups in total. The van der Waals surface area contributed by atoms with E-state index in [9.17, 15) is 9.59 Å². The number of carbonyl (C=O) groups excluding carboxylic acids is 2. The first-order valence-corrected chi connectivity index (χ1v) is 13.5. The smallest absolute Gasteiger partial charge is 0.348 e. The van der Waals surface area contributed by atoms with Gasteiger partial charge in [0.15, 0.2) is 0 Å². The van der Waals surface area contributed by atoms with E-state index in [1.165, 1.54) is 18.3 Å². The molecule has 3 rings (SSSR count). The molecule has 1 aliphatic carbocycles. The first-order chi connectivity index (χ1) is 15.8. The van der Waals surface area contributed by atoms with Crippen LogP contribution in [0.5, 0.6) is 0 Å². The van der Waals surface area contributed by atoms with Crippen LogP contribution in [0.25, 0.3) is 11.1 Å². The van der Waals surface area contributed by atoms with Gasteiger partial charge in [-0.1, -0.05) is 36.5 Å². The Morgan fingerprint density at radius 3 is 2.64 bits per heavy atom. The van der Waals surface area contributed by atoms with Gasteiger partial charge >= 0.3 is 5.97 Å². The van der Waals surface area contributed by atoms with Crippen LogP contribution in [0, 0.1) is 5.92 Å². The van der Waals surface area contributed by atoms with Gasteiger partial charge in [-0.05, 0) is 73.8 Å². The number of hydrogen-bond donors (Lipinski definition) is 1. The van der Waals surface area contributed by atoms with Crippen LogP contribution in [0.2, 0.25) is 10.0 Å². The van der Waals surface area contributed by atoms with Crippen LogP contribution in [0.4, 0.5) is 0 Å². The van der Waals surface area contributed by atoms with Crippen molar-refractivity contribution in [3.63, 3.8) is 0 Å². The maximum absolute atomic E-state index is 12.7. The number of ether oxygens (including phenoxy) is 1. The van der Waals surface area contributed by atoms with Crippen molar-refractivity contribution in [2.75, 3.05) is 13.2 Å². The highest BCUT2D eigenvalue weighted by molar-refractivity contribution is 7.14. The van der Waals surface area contributed by atoms with Crippen LogP contribution in [0.1, 0.15) is 66.1 Å². The molecule has 4 nitrogen and oxygen atoms in total. The Bertz CT molecular complexity index is 992. The Hall–Kier alpha value is -1.27. The molecule has 180 valence electrons. The number of carbonyl (C=O) groups is 2. The highest BCUT2D eigenvalue weighted by Crippen LogP contribution is 2.42. The largest absolute Gasteiger partial charge is 0.460 e. The molecule has 0 unspecified atom stereocenters. The molecule has 0 saturated heterocycles. The summed E-state index contributed by atoms with van der Waals surface area (Å²) in [7, 11) is 0. The predicted molar refractivity (Wildman–Crippen MR) is 138 cm³/mol. The van der Waals surface area contributed by atoms with Crippen molar-refractivity contribution >= 4 is 58.0 Å². The average molecular weight is 531 g/mol. The van der Waals surface area contributed by atoms with Gasteiger partial charge in [-0.25, -0.2) is 4.79 Å². The second-order valence-electron chi connectivity index (χ2n) is 8.55. The van der Waals surface area contributed by atoms with Crippen LogP contribution in [-0.2, 0) is 22.4 Å². The van der Waals surface area contributed by atoms with Gasteiger partial charge in [0.05, 0.1) is 11.6 Å². The Balaban J connectivity index is 1.85. The van der Waals surface area contributed by atoms with Crippen molar-refractivity contribution in [2.24, 2.45) is 5.92 Å². The third-order valence-electron chi connectivity index (χ3n) is 5.90. The van der Waals surface area contributed by atoms with Crippen LogP contribution in [0.3, 0.4) is 0 Å². The normalized spacial score (nSPS) is 17.8. The second kappa shape index (κ2) is 12.4. The molecule has 1 aromatic carbocycles. The third kappa shape index (κ3) is 7.35. The predicted octanol–water partition coefficient (Wildman–Crippen LogP) is 7.31. The molecule has 1 saturated carbocycles. The molecule has 2 atom stereocenters. The fraction of sp³-hybridized carbons (Fsp3) is 0.520. The summed E-state index contributed by atoms with van der Waals surface area (Å²) in [5.41, 5.74) is 3.04. The molecule has 2 aromatic rings. The van der Waals surface area contributed by atoms with E-state index >= 15 is 0 Å². The number of halogens is 3. The number of alkyl halides is 1. The van der Waals surface area contributed by atoms with Gasteiger partial charge in [0.1, 0.15) is 11.5 Å². The molecule has 1 aliphatic rings. The van der Waals surface area contributed by atoms with Crippen LogP contribution < -0.4 is 5.32 Å². The Labute approximate surface area is 214 Å². The minimum Gasteiger partial charge on any atom is -0.460 e. The van der Waals surface area contributed by atoms with Crippen molar-refractivity contribution in [1.29, 1.82) is 0 Å². The molecule has 0 aliphatic heterocycles. The first kappa shape index (κ1) is 26.3. The number of rotatable bonds is 10. The summed E-state index contributed by atoms with van der Waals surface area (Å²) < 4.78 is 5.36. The maximum Gasteiger partial charge on any atom is 0.348 e. The highest BCUT2D eigenvalue weighted by atomic mass is 35.5. The highest BCUT2D eigenvalue weighted by Gasteiger charge is 2.25. The number of benzene rings is 1. The SMILES string of the molecule is CCCc1sc(C(=O)OCCNC(C)=O)cc1-c1c(Cl)cc(Cl)cc1CC[C@H]1CC[C@@H](Cl)C1. The van der Waals surface area contributed by atoms with E-state index in [-0.39, 0.29) is 23.9 Å². The lowest BCUT2D eigenvalue weighted by Crippen LogP contribution is -2.25. The zero-order valence-corrected chi connectivity index (χ0v) is 22.1. The van der Waals surface area contributed by atoms with Crippen molar-refractivity contribution in [3.05, 3.63) is 43.6 Å². The summed E-state index contributed by atoms with van der Waals surface area (Å²) in [4.78, 5) is 25.3. The van der Waals surface area contributed by atoms with Gasteiger partial charge in [0.25, 0.3) is 0 Å². The standard InChI is InChI=1S/C25H30Cl3NO3S/c1-3-4-22-20(14-23(33-22)25(31)32-10-9-29-15(2)30)24-17(12-19(27)13-21(24)28)7-5-16-6-8-18(26)11-16/h12-14,16,18H,3-11H2,1-2H3,(H,29,30)/t16-,18+/m0/s1. The minimum atomic E-state index is -0.389. The molecule has 0 bridgehead atoms. The number of hydrogen-bond acceptors (Lipinski definition) is 4. The number of amides is 1. The molecular formula is C25H30Cl3NO3S. The Morgan fingerprint density at radius 1 is 1.18 bits per heavy atom. The molecule has 1 fully saturated rings. The average Bonchev–Trinajstić information content (AvgIpc) is 3.35. The summed E-state index contributed by atoms with van der Waals surface area (Å²) in [5.74, 6) is 0.0725. The van der Waals surface area contributed by atoms with Crippen molar-refractivity contribution < 1.29 is 14.3 Å². The molecular weight excluding hydrogens is 501 g/mol. The van der Waals surface area contributed by atoms with E-state index < -0.39 is 0 Å². The van der Waals surface area contributed by atoms with Gasteiger partial charge in [-0.3, -0.25) is 4.79 Å². The number of esters is 1. The van der Waals surface area contributed by atoms with Crippen LogP contribution in [-0.4, -0.2) is 30.4 Å². The van der Waals surface area contributed by atoms with E-state index in [1.807, 2.05) is 12.1 Å². The monoisotopic (exact) mass is 529 g/mol.